The standard InChI is InChI=1S/C27H49N3O4/c1-6-7-8-9-11-14-21-15-12-10-13-16-22(27(34)30(4)5)18-23(19-31)28-26(33)24(17-20(2)3)29-25(21)32/h19-24H,6-18H2,1-5H3,(H,28,33)(H,29,32)/t21?,22?,23-,24+/m1/s1. The summed E-state index contributed by atoms with van der Waals surface area (Å²) in [6, 6.07) is -1.42. The lowest BCUT2D eigenvalue weighted by atomic mass is 9.89. The molecule has 0 aliphatic carbocycles. The monoisotopic (exact) mass is 479 g/mol. The van der Waals surface area contributed by atoms with Crippen molar-refractivity contribution < 1.29 is 19.2 Å². The Hall–Kier alpha value is -1.92. The Morgan fingerprint density at radius 3 is 2.29 bits per heavy atom. The summed E-state index contributed by atoms with van der Waals surface area (Å²) in [4.78, 5) is 52.4. The fourth-order valence-corrected chi connectivity index (χ4v) is 4.80. The highest BCUT2D eigenvalue weighted by Gasteiger charge is 2.30. The lowest BCUT2D eigenvalue weighted by Gasteiger charge is -2.27. The number of nitrogens with zero attached hydrogens (tertiary/aromatic N) is 1. The number of nitrogens with one attached hydrogen (secondary N) is 2. The van der Waals surface area contributed by atoms with Gasteiger partial charge in [0.2, 0.25) is 17.7 Å². The van der Waals surface area contributed by atoms with Crippen LogP contribution in [0.25, 0.3) is 0 Å². The quantitative estimate of drug-likeness (QED) is 0.362. The molecule has 2 unspecified atom stereocenters. The van der Waals surface area contributed by atoms with Crippen LogP contribution in [0.2, 0.25) is 0 Å². The molecule has 0 spiro atoms. The number of unbranched alkanes of at least 4 members (excludes halogenated alkanes) is 4. The van der Waals surface area contributed by atoms with Gasteiger partial charge in [-0.25, -0.2) is 0 Å². The second kappa shape index (κ2) is 16.7. The van der Waals surface area contributed by atoms with E-state index in [4.69, 9.17) is 0 Å². The third-order valence-corrected chi connectivity index (χ3v) is 6.79. The van der Waals surface area contributed by atoms with Gasteiger partial charge in [0.1, 0.15) is 12.3 Å². The fraction of sp³-hybridized carbons (Fsp3) is 0.852. The minimum Gasteiger partial charge on any atom is -0.349 e. The number of carbonyl (C=O) groups is 4. The molecule has 0 aromatic carbocycles. The van der Waals surface area contributed by atoms with E-state index in [0.717, 1.165) is 44.9 Å². The molecule has 3 amide bonds. The zero-order valence-corrected chi connectivity index (χ0v) is 22.2. The Labute approximate surface area is 207 Å². The Morgan fingerprint density at radius 2 is 1.68 bits per heavy atom. The summed E-state index contributed by atoms with van der Waals surface area (Å²) >= 11 is 0. The number of aldehydes is 1. The van der Waals surface area contributed by atoms with Gasteiger partial charge in [0, 0.05) is 25.9 Å². The Morgan fingerprint density at radius 1 is 1.00 bits per heavy atom. The smallest absolute Gasteiger partial charge is 0.243 e. The summed E-state index contributed by atoms with van der Waals surface area (Å²) in [6.45, 7) is 6.22. The summed E-state index contributed by atoms with van der Waals surface area (Å²) < 4.78 is 0. The lowest BCUT2D eigenvalue weighted by Crippen LogP contribution is -2.52. The van der Waals surface area contributed by atoms with Crippen LogP contribution in [-0.2, 0) is 19.2 Å². The van der Waals surface area contributed by atoms with E-state index in [1.54, 1.807) is 19.0 Å². The van der Waals surface area contributed by atoms with E-state index in [-0.39, 0.29) is 41.9 Å². The molecular weight excluding hydrogens is 430 g/mol. The van der Waals surface area contributed by atoms with Gasteiger partial charge < -0.3 is 20.3 Å². The largest absolute Gasteiger partial charge is 0.349 e. The first kappa shape index (κ1) is 30.1. The highest BCUT2D eigenvalue weighted by Crippen LogP contribution is 2.23. The van der Waals surface area contributed by atoms with E-state index in [1.165, 1.54) is 19.3 Å². The van der Waals surface area contributed by atoms with Crippen molar-refractivity contribution in [1.82, 2.24) is 15.5 Å². The topological polar surface area (TPSA) is 95.6 Å². The molecule has 34 heavy (non-hydrogen) atoms. The normalized spacial score (nSPS) is 25.2. The van der Waals surface area contributed by atoms with Gasteiger partial charge in [-0.3, -0.25) is 14.4 Å². The molecule has 1 aliphatic heterocycles. The summed E-state index contributed by atoms with van der Waals surface area (Å²) in [5, 5.41) is 5.82. The molecule has 2 N–H and O–H groups in total. The molecular formula is C27H49N3O4. The summed E-state index contributed by atoms with van der Waals surface area (Å²) in [6.07, 6.45) is 12.3. The predicted molar refractivity (Wildman–Crippen MR) is 136 cm³/mol. The van der Waals surface area contributed by atoms with Gasteiger partial charge in [-0.15, -0.1) is 0 Å². The molecule has 0 bridgehead atoms. The molecule has 1 fully saturated rings. The molecule has 7 nitrogen and oxygen atoms in total. The van der Waals surface area contributed by atoms with E-state index in [1.807, 2.05) is 13.8 Å². The van der Waals surface area contributed by atoms with Crippen molar-refractivity contribution >= 4 is 24.0 Å². The van der Waals surface area contributed by atoms with Crippen molar-refractivity contribution in [3.63, 3.8) is 0 Å². The van der Waals surface area contributed by atoms with Gasteiger partial charge in [0.05, 0.1) is 6.04 Å². The third kappa shape index (κ3) is 11.5. The van der Waals surface area contributed by atoms with Crippen molar-refractivity contribution in [2.45, 2.75) is 116 Å². The first-order chi connectivity index (χ1) is 16.2. The first-order valence-electron chi connectivity index (χ1n) is 13.5. The molecule has 196 valence electrons. The number of rotatable bonds is 10. The molecule has 0 aromatic heterocycles. The second-order valence-electron chi connectivity index (χ2n) is 10.6. The maximum atomic E-state index is 13.2. The fourth-order valence-electron chi connectivity index (χ4n) is 4.80. The van der Waals surface area contributed by atoms with Gasteiger partial charge in [0.15, 0.2) is 0 Å². The van der Waals surface area contributed by atoms with Crippen molar-refractivity contribution in [1.29, 1.82) is 0 Å². The summed E-state index contributed by atoms with van der Waals surface area (Å²) in [5.41, 5.74) is 0. The SMILES string of the molecule is CCCCCCCC1CCCCCC(C(=O)N(C)C)C[C@H](C=O)NC(=O)[C@H](CC(C)C)NC1=O. The van der Waals surface area contributed by atoms with Crippen LogP contribution in [-0.4, -0.2) is 55.1 Å². The molecule has 1 heterocycles. The minimum atomic E-state index is -0.745. The average molecular weight is 480 g/mol. The van der Waals surface area contributed by atoms with Gasteiger partial charge in [-0.05, 0) is 38.0 Å². The van der Waals surface area contributed by atoms with Crippen molar-refractivity contribution in [3.05, 3.63) is 0 Å². The van der Waals surface area contributed by atoms with Crippen LogP contribution >= 0.6 is 0 Å². The zero-order chi connectivity index (χ0) is 25.5. The molecule has 0 radical (unpaired) electrons. The maximum absolute atomic E-state index is 13.2. The molecule has 1 saturated heterocycles. The van der Waals surface area contributed by atoms with Crippen LogP contribution in [0.5, 0.6) is 0 Å². The summed E-state index contributed by atoms with van der Waals surface area (Å²) in [7, 11) is 3.45. The highest BCUT2D eigenvalue weighted by molar-refractivity contribution is 5.90. The Balaban J connectivity index is 3.03. The average Bonchev–Trinajstić information content (AvgIpc) is 2.78. The Bertz CT molecular complexity index is 635. The van der Waals surface area contributed by atoms with Crippen LogP contribution in [0.4, 0.5) is 0 Å². The summed E-state index contributed by atoms with van der Waals surface area (Å²) in [5.74, 6) is -0.593. The Kier molecular flexibility index (Phi) is 14.8. The van der Waals surface area contributed by atoms with E-state index >= 15 is 0 Å². The second-order valence-corrected chi connectivity index (χ2v) is 10.6. The van der Waals surface area contributed by atoms with Crippen LogP contribution in [0.3, 0.4) is 0 Å². The van der Waals surface area contributed by atoms with Crippen molar-refractivity contribution in [3.8, 4) is 0 Å². The lowest BCUT2D eigenvalue weighted by molar-refractivity contribution is -0.135. The van der Waals surface area contributed by atoms with E-state index in [0.29, 0.717) is 19.1 Å². The third-order valence-electron chi connectivity index (χ3n) is 6.79. The van der Waals surface area contributed by atoms with Crippen LogP contribution in [0.15, 0.2) is 0 Å². The van der Waals surface area contributed by atoms with Gasteiger partial charge >= 0.3 is 0 Å². The molecule has 1 aliphatic rings. The van der Waals surface area contributed by atoms with Gasteiger partial charge in [-0.1, -0.05) is 72.1 Å². The zero-order valence-electron chi connectivity index (χ0n) is 22.2. The van der Waals surface area contributed by atoms with Gasteiger partial charge in [-0.2, -0.15) is 0 Å². The maximum Gasteiger partial charge on any atom is 0.243 e. The van der Waals surface area contributed by atoms with E-state index < -0.39 is 12.1 Å². The number of amides is 3. The highest BCUT2D eigenvalue weighted by atomic mass is 16.2. The van der Waals surface area contributed by atoms with Crippen molar-refractivity contribution in [2.75, 3.05) is 14.1 Å². The van der Waals surface area contributed by atoms with E-state index in [9.17, 15) is 19.2 Å². The molecule has 0 saturated carbocycles. The van der Waals surface area contributed by atoms with Gasteiger partial charge in [0.25, 0.3) is 0 Å². The molecule has 1 rings (SSSR count). The van der Waals surface area contributed by atoms with Crippen LogP contribution < -0.4 is 10.6 Å². The first-order valence-corrected chi connectivity index (χ1v) is 13.5. The van der Waals surface area contributed by atoms with Crippen LogP contribution in [0.1, 0.15) is 104 Å². The molecule has 0 aromatic rings. The number of hydrogen-bond donors (Lipinski definition) is 2. The van der Waals surface area contributed by atoms with Crippen molar-refractivity contribution in [2.24, 2.45) is 17.8 Å². The van der Waals surface area contributed by atoms with Crippen LogP contribution in [0, 0.1) is 17.8 Å². The predicted octanol–water partition coefficient (Wildman–Crippen LogP) is 4.24. The minimum absolute atomic E-state index is 0.00909. The molecule has 7 heteroatoms. The van der Waals surface area contributed by atoms with E-state index in [2.05, 4.69) is 17.6 Å². The number of hydrogen-bond acceptors (Lipinski definition) is 4. The number of carbonyl (C=O) groups excluding carboxylic acids is 4. The molecule has 4 atom stereocenters.